The van der Waals surface area contributed by atoms with Crippen molar-refractivity contribution < 1.29 is 14.3 Å². The van der Waals surface area contributed by atoms with Crippen LogP contribution in [-0.4, -0.2) is 29.5 Å². The highest BCUT2D eigenvalue weighted by atomic mass is 16.5. The first kappa shape index (κ1) is 14.6. The SMILES string of the molecule is O=C(CCc1c[nH]c2ccccc12)NNC(=O)C1CCCO1. The van der Waals surface area contributed by atoms with Gasteiger partial charge in [-0.15, -0.1) is 0 Å². The Morgan fingerprint density at radius 2 is 2.14 bits per heavy atom. The molecule has 116 valence electrons. The van der Waals surface area contributed by atoms with E-state index in [0.717, 1.165) is 22.9 Å². The van der Waals surface area contributed by atoms with Crippen LogP contribution in [0.4, 0.5) is 0 Å². The van der Waals surface area contributed by atoms with E-state index in [-0.39, 0.29) is 11.8 Å². The normalized spacial score (nSPS) is 17.5. The van der Waals surface area contributed by atoms with Gasteiger partial charge in [0.25, 0.3) is 5.91 Å². The van der Waals surface area contributed by atoms with Crippen LogP contribution in [0.5, 0.6) is 0 Å². The fourth-order valence-corrected chi connectivity index (χ4v) is 2.65. The summed E-state index contributed by atoms with van der Waals surface area (Å²) in [4.78, 5) is 26.7. The van der Waals surface area contributed by atoms with Gasteiger partial charge < -0.3 is 9.72 Å². The van der Waals surface area contributed by atoms with Gasteiger partial charge in [-0.3, -0.25) is 20.4 Å². The van der Waals surface area contributed by atoms with Crippen molar-refractivity contribution in [2.45, 2.75) is 31.8 Å². The van der Waals surface area contributed by atoms with E-state index in [0.29, 0.717) is 25.9 Å². The van der Waals surface area contributed by atoms with Crippen LogP contribution in [0.25, 0.3) is 10.9 Å². The third-order valence-corrected chi connectivity index (χ3v) is 3.84. The van der Waals surface area contributed by atoms with Crippen molar-refractivity contribution >= 4 is 22.7 Å². The Labute approximate surface area is 128 Å². The lowest BCUT2D eigenvalue weighted by Gasteiger charge is -2.11. The molecule has 0 radical (unpaired) electrons. The summed E-state index contributed by atoms with van der Waals surface area (Å²) in [5.74, 6) is -0.491. The van der Waals surface area contributed by atoms with E-state index in [9.17, 15) is 9.59 Å². The number of hydrazine groups is 1. The van der Waals surface area contributed by atoms with Crippen LogP contribution in [0.1, 0.15) is 24.8 Å². The number of fused-ring (bicyclic) bond motifs is 1. The molecule has 2 aromatic rings. The third-order valence-electron chi connectivity index (χ3n) is 3.84. The van der Waals surface area contributed by atoms with Crippen LogP contribution >= 0.6 is 0 Å². The second-order valence-corrected chi connectivity index (χ2v) is 5.40. The molecular weight excluding hydrogens is 282 g/mol. The summed E-state index contributed by atoms with van der Waals surface area (Å²) in [5.41, 5.74) is 7.01. The predicted octanol–water partition coefficient (Wildman–Crippen LogP) is 1.43. The third kappa shape index (κ3) is 3.28. The number of aryl methyl sites for hydroxylation is 1. The smallest absolute Gasteiger partial charge is 0.267 e. The van der Waals surface area contributed by atoms with Crippen molar-refractivity contribution in [3.63, 3.8) is 0 Å². The zero-order valence-electron chi connectivity index (χ0n) is 12.2. The van der Waals surface area contributed by atoms with E-state index in [1.807, 2.05) is 30.5 Å². The fourth-order valence-electron chi connectivity index (χ4n) is 2.65. The zero-order chi connectivity index (χ0) is 15.4. The van der Waals surface area contributed by atoms with Gasteiger partial charge in [0.2, 0.25) is 5.91 Å². The lowest BCUT2D eigenvalue weighted by molar-refractivity contribution is -0.134. The minimum atomic E-state index is -0.436. The Morgan fingerprint density at radius 3 is 2.95 bits per heavy atom. The monoisotopic (exact) mass is 301 g/mol. The number of rotatable bonds is 4. The number of hydrogen-bond donors (Lipinski definition) is 3. The molecule has 2 amide bonds. The number of amides is 2. The van der Waals surface area contributed by atoms with Crippen molar-refractivity contribution in [1.29, 1.82) is 0 Å². The number of para-hydroxylation sites is 1. The van der Waals surface area contributed by atoms with Crippen LogP contribution in [-0.2, 0) is 20.7 Å². The number of nitrogens with one attached hydrogen (secondary N) is 3. The maximum atomic E-state index is 11.8. The molecule has 6 nitrogen and oxygen atoms in total. The minimum absolute atomic E-state index is 0.211. The molecule has 0 spiro atoms. The molecule has 0 saturated carbocycles. The molecule has 1 aromatic heterocycles. The lowest BCUT2D eigenvalue weighted by atomic mass is 10.1. The number of carbonyl (C=O) groups is 2. The van der Waals surface area contributed by atoms with E-state index in [1.165, 1.54) is 0 Å². The summed E-state index contributed by atoms with van der Waals surface area (Å²) in [6, 6.07) is 7.97. The Balaban J connectivity index is 1.47. The Hall–Kier alpha value is -2.34. The fraction of sp³-hybridized carbons (Fsp3) is 0.375. The van der Waals surface area contributed by atoms with Crippen LogP contribution in [0.15, 0.2) is 30.5 Å². The van der Waals surface area contributed by atoms with E-state index in [4.69, 9.17) is 4.74 Å². The average molecular weight is 301 g/mol. The molecule has 22 heavy (non-hydrogen) atoms. The van der Waals surface area contributed by atoms with Gasteiger partial charge in [0, 0.05) is 30.1 Å². The molecule has 0 bridgehead atoms. The highest BCUT2D eigenvalue weighted by Gasteiger charge is 2.23. The molecule has 6 heteroatoms. The highest BCUT2D eigenvalue weighted by Crippen LogP contribution is 2.18. The highest BCUT2D eigenvalue weighted by molar-refractivity contribution is 5.86. The summed E-state index contributed by atoms with van der Waals surface area (Å²) >= 11 is 0. The second kappa shape index (κ2) is 6.62. The van der Waals surface area contributed by atoms with E-state index in [2.05, 4.69) is 15.8 Å². The summed E-state index contributed by atoms with van der Waals surface area (Å²) in [6.07, 6.45) is 4.00. The molecule has 1 aliphatic rings. The molecule has 1 unspecified atom stereocenters. The predicted molar refractivity (Wildman–Crippen MR) is 81.9 cm³/mol. The number of H-pyrrole nitrogens is 1. The summed E-state index contributed by atoms with van der Waals surface area (Å²) in [5, 5.41) is 1.12. The molecule has 1 aliphatic heterocycles. The van der Waals surface area contributed by atoms with Gasteiger partial charge in [-0.05, 0) is 30.9 Å². The van der Waals surface area contributed by atoms with Crippen molar-refractivity contribution in [2.75, 3.05) is 6.61 Å². The van der Waals surface area contributed by atoms with Gasteiger partial charge in [-0.25, -0.2) is 0 Å². The first-order chi connectivity index (χ1) is 10.7. The maximum absolute atomic E-state index is 11.8. The van der Waals surface area contributed by atoms with Crippen molar-refractivity contribution in [1.82, 2.24) is 15.8 Å². The second-order valence-electron chi connectivity index (χ2n) is 5.40. The van der Waals surface area contributed by atoms with Gasteiger partial charge in [-0.1, -0.05) is 18.2 Å². The quantitative estimate of drug-likeness (QED) is 0.747. The van der Waals surface area contributed by atoms with Crippen LogP contribution in [0.2, 0.25) is 0 Å². The molecule has 0 aliphatic carbocycles. The zero-order valence-corrected chi connectivity index (χ0v) is 12.2. The molecule has 3 rings (SSSR count). The van der Waals surface area contributed by atoms with E-state index >= 15 is 0 Å². The number of aromatic amines is 1. The number of aromatic nitrogens is 1. The molecule has 1 fully saturated rings. The maximum Gasteiger partial charge on any atom is 0.267 e. The number of hydrogen-bond acceptors (Lipinski definition) is 3. The molecule has 2 heterocycles. The topological polar surface area (TPSA) is 83.2 Å². The Bertz CT molecular complexity index is 674. The van der Waals surface area contributed by atoms with Crippen LogP contribution in [0, 0.1) is 0 Å². The average Bonchev–Trinajstić information content (AvgIpc) is 3.20. The lowest BCUT2D eigenvalue weighted by Crippen LogP contribution is -2.46. The van der Waals surface area contributed by atoms with Gasteiger partial charge in [0.1, 0.15) is 6.10 Å². The van der Waals surface area contributed by atoms with Crippen molar-refractivity contribution in [3.8, 4) is 0 Å². The van der Waals surface area contributed by atoms with Gasteiger partial charge in [0.05, 0.1) is 0 Å². The van der Waals surface area contributed by atoms with E-state index in [1.54, 1.807) is 0 Å². The van der Waals surface area contributed by atoms with Crippen LogP contribution in [0.3, 0.4) is 0 Å². The molecule has 1 atom stereocenters. The summed E-state index contributed by atoms with van der Waals surface area (Å²) in [6.45, 7) is 0.604. The van der Waals surface area contributed by atoms with E-state index < -0.39 is 6.10 Å². The molecular formula is C16H19N3O3. The van der Waals surface area contributed by atoms with Crippen molar-refractivity contribution in [2.24, 2.45) is 0 Å². The largest absolute Gasteiger partial charge is 0.368 e. The molecule has 1 aromatic carbocycles. The number of benzene rings is 1. The minimum Gasteiger partial charge on any atom is -0.368 e. The first-order valence-corrected chi connectivity index (χ1v) is 7.49. The summed E-state index contributed by atoms with van der Waals surface area (Å²) in [7, 11) is 0. The molecule has 1 saturated heterocycles. The Kier molecular flexibility index (Phi) is 4.39. The molecule has 3 N–H and O–H groups in total. The van der Waals surface area contributed by atoms with Gasteiger partial charge in [-0.2, -0.15) is 0 Å². The summed E-state index contributed by atoms with van der Waals surface area (Å²) < 4.78 is 5.25. The van der Waals surface area contributed by atoms with Crippen LogP contribution < -0.4 is 10.9 Å². The van der Waals surface area contributed by atoms with Gasteiger partial charge in [0.15, 0.2) is 0 Å². The standard InChI is InChI=1S/C16H19N3O3/c20-15(18-19-16(21)14-6-3-9-22-14)8-7-11-10-17-13-5-2-1-4-12(11)13/h1-2,4-5,10,14,17H,3,6-9H2,(H,18,20)(H,19,21). The Morgan fingerprint density at radius 1 is 1.27 bits per heavy atom. The van der Waals surface area contributed by atoms with Gasteiger partial charge >= 0.3 is 0 Å². The van der Waals surface area contributed by atoms with Crippen molar-refractivity contribution in [3.05, 3.63) is 36.0 Å². The first-order valence-electron chi connectivity index (χ1n) is 7.49. The number of carbonyl (C=O) groups excluding carboxylic acids is 2. The number of ether oxygens (including phenoxy) is 1.